The van der Waals surface area contributed by atoms with Gasteiger partial charge in [-0.2, -0.15) is 0 Å². The summed E-state index contributed by atoms with van der Waals surface area (Å²) >= 11 is 12.4. The zero-order valence-corrected chi connectivity index (χ0v) is 15.3. The van der Waals surface area contributed by atoms with Crippen molar-refractivity contribution in [3.05, 3.63) is 15.9 Å². The zero-order chi connectivity index (χ0) is 17.3. The van der Waals surface area contributed by atoms with Crippen LogP contribution in [0.15, 0.2) is 5.16 Å². The van der Waals surface area contributed by atoms with Crippen LogP contribution in [0.3, 0.4) is 0 Å². The summed E-state index contributed by atoms with van der Waals surface area (Å²) in [6.07, 6.45) is 1.74. The Morgan fingerprint density at radius 2 is 1.82 bits per heavy atom. The molecule has 0 fully saturated rings. The van der Waals surface area contributed by atoms with Crippen molar-refractivity contribution < 1.29 is 15.0 Å². The third-order valence-corrected chi connectivity index (χ3v) is 3.57. The second kappa shape index (κ2) is 10.2. The topological polar surface area (TPSA) is 95.3 Å². The maximum Gasteiger partial charge on any atom is 0.342 e. The van der Waals surface area contributed by atoms with Crippen LogP contribution in [0.25, 0.3) is 0 Å². The monoisotopic (exact) mass is 369 g/mol. The van der Waals surface area contributed by atoms with Crippen molar-refractivity contribution >= 4 is 40.9 Å². The van der Waals surface area contributed by atoms with E-state index in [2.05, 4.69) is 22.2 Å². The first-order valence-corrected chi connectivity index (χ1v) is 8.48. The predicted molar refractivity (Wildman–Crippen MR) is 90.2 cm³/mol. The minimum atomic E-state index is -1.23. The molecule has 0 spiro atoms. The Kier molecular flexibility index (Phi) is 9.95. The van der Waals surface area contributed by atoms with Crippen LogP contribution in [0.4, 0.5) is 0 Å². The molecule has 0 amide bonds. The maximum absolute atomic E-state index is 10.6. The van der Waals surface area contributed by atoms with Crippen molar-refractivity contribution in [1.29, 1.82) is 0 Å². The van der Waals surface area contributed by atoms with E-state index >= 15 is 0 Å². The van der Waals surface area contributed by atoms with Crippen LogP contribution >= 0.6 is 35.0 Å². The van der Waals surface area contributed by atoms with Gasteiger partial charge in [-0.15, -0.1) is 0 Å². The van der Waals surface area contributed by atoms with E-state index in [1.165, 1.54) is 11.8 Å². The summed E-state index contributed by atoms with van der Waals surface area (Å²) in [5.41, 5.74) is -0.225. The average Bonchev–Trinajstić information content (AvgIpc) is 2.44. The van der Waals surface area contributed by atoms with Gasteiger partial charge in [0, 0.05) is 18.6 Å². The molecule has 0 aliphatic heterocycles. The van der Waals surface area contributed by atoms with Crippen molar-refractivity contribution in [3.8, 4) is 0 Å². The van der Waals surface area contributed by atoms with Crippen molar-refractivity contribution in [1.82, 2.24) is 15.3 Å². The van der Waals surface area contributed by atoms with E-state index in [9.17, 15) is 4.79 Å². The number of aliphatic hydroxyl groups is 1. The second-order valence-electron chi connectivity index (χ2n) is 5.07. The first kappa shape index (κ1) is 21.4. The maximum atomic E-state index is 10.6. The lowest BCUT2D eigenvalue weighted by Gasteiger charge is -2.21. The number of carboxylic acids is 1. The van der Waals surface area contributed by atoms with Gasteiger partial charge in [0.25, 0.3) is 0 Å². The van der Waals surface area contributed by atoms with Gasteiger partial charge in [0.15, 0.2) is 5.16 Å². The zero-order valence-electron chi connectivity index (χ0n) is 13.0. The molecular formula is C13H21Cl2N3O3S. The summed E-state index contributed by atoms with van der Waals surface area (Å²) < 4.78 is 0. The number of aliphatic hydroxyl groups excluding tert-OH is 1. The van der Waals surface area contributed by atoms with Crippen LogP contribution in [-0.2, 0) is 0 Å². The molecule has 0 radical (unpaired) electrons. The van der Waals surface area contributed by atoms with Crippen LogP contribution in [0.1, 0.15) is 31.1 Å². The Bertz CT molecular complexity index is 478. The summed E-state index contributed by atoms with van der Waals surface area (Å²) in [5, 5.41) is 20.7. The molecule has 22 heavy (non-hydrogen) atoms. The summed E-state index contributed by atoms with van der Waals surface area (Å²) in [7, 11) is 0. The van der Waals surface area contributed by atoms with Crippen molar-refractivity contribution in [3.63, 3.8) is 0 Å². The molecule has 126 valence electrons. The normalized spacial score (nSPS) is 10.9. The van der Waals surface area contributed by atoms with Crippen LogP contribution in [0, 0.1) is 5.41 Å². The number of carboxylic acid groups (broad SMARTS) is 1. The Morgan fingerprint density at radius 3 is 2.14 bits per heavy atom. The molecule has 1 aromatic rings. The molecule has 0 aliphatic carbocycles. The smallest absolute Gasteiger partial charge is 0.342 e. The lowest BCUT2D eigenvalue weighted by atomic mass is 9.95. The molecule has 1 aromatic heterocycles. The molecule has 0 aromatic carbocycles. The highest BCUT2D eigenvalue weighted by Crippen LogP contribution is 2.23. The van der Waals surface area contributed by atoms with E-state index in [-0.39, 0.29) is 27.9 Å². The van der Waals surface area contributed by atoms with Gasteiger partial charge in [-0.25, -0.2) is 14.8 Å². The summed E-state index contributed by atoms with van der Waals surface area (Å²) in [6.45, 7) is 8.25. The standard InChI is InChI=1S/C7H17NO.C6H4Cl2N2O2S/c1-4-8-5-7(2,3)6-9;1-13-6-9-3(7)2(5(11)12)4(8)10-6/h8-9H,4-6H2,1-3H3;1H3,(H,11,12). The number of hydrogen-bond donors (Lipinski definition) is 3. The number of carbonyl (C=O) groups is 1. The van der Waals surface area contributed by atoms with Gasteiger partial charge in [0.1, 0.15) is 15.9 Å². The van der Waals surface area contributed by atoms with Gasteiger partial charge in [-0.1, -0.05) is 55.7 Å². The third-order valence-electron chi connectivity index (χ3n) is 2.48. The van der Waals surface area contributed by atoms with Gasteiger partial charge < -0.3 is 15.5 Å². The fourth-order valence-electron chi connectivity index (χ4n) is 1.18. The third kappa shape index (κ3) is 7.60. The number of nitrogens with one attached hydrogen (secondary N) is 1. The average molecular weight is 370 g/mol. The van der Waals surface area contributed by atoms with Crippen molar-refractivity contribution in [2.45, 2.75) is 25.9 Å². The predicted octanol–water partition coefficient (Wildman–Crippen LogP) is 2.82. The van der Waals surface area contributed by atoms with Gasteiger partial charge >= 0.3 is 5.97 Å². The largest absolute Gasteiger partial charge is 0.477 e. The van der Waals surface area contributed by atoms with Crippen LogP contribution in [-0.4, -0.2) is 52.1 Å². The number of rotatable bonds is 6. The molecule has 0 atom stereocenters. The highest BCUT2D eigenvalue weighted by atomic mass is 35.5. The van der Waals surface area contributed by atoms with E-state index < -0.39 is 5.97 Å². The molecule has 1 heterocycles. The SMILES string of the molecule is CCNCC(C)(C)CO.CSc1nc(Cl)c(C(=O)O)c(Cl)n1. The molecule has 9 heteroatoms. The first-order chi connectivity index (χ1) is 10.2. The Morgan fingerprint density at radius 1 is 1.32 bits per heavy atom. The molecule has 1 rings (SSSR count). The van der Waals surface area contributed by atoms with Gasteiger partial charge in [-0.3, -0.25) is 0 Å². The number of nitrogens with zero attached hydrogens (tertiary/aromatic N) is 2. The molecule has 0 saturated heterocycles. The quantitative estimate of drug-likeness (QED) is 0.403. The fourth-order valence-corrected chi connectivity index (χ4v) is 2.19. The molecule has 3 N–H and O–H groups in total. The lowest BCUT2D eigenvalue weighted by molar-refractivity contribution is 0.0696. The van der Waals surface area contributed by atoms with Crippen molar-refractivity contribution in [2.24, 2.45) is 5.41 Å². The van der Waals surface area contributed by atoms with E-state index in [0.717, 1.165) is 13.1 Å². The Labute approximate surface area is 144 Å². The minimum absolute atomic E-state index is 0.0377. The lowest BCUT2D eigenvalue weighted by Crippen LogP contribution is -2.31. The fraction of sp³-hybridized carbons (Fsp3) is 0.615. The van der Waals surface area contributed by atoms with Crippen LogP contribution in [0.5, 0.6) is 0 Å². The van der Waals surface area contributed by atoms with Gasteiger partial charge in [-0.05, 0) is 12.8 Å². The molecule has 0 saturated carbocycles. The number of halogens is 2. The van der Waals surface area contributed by atoms with E-state index in [1.54, 1.807) is 6.26 Å². The molecule has 6 nitrogen and oxygen atoms in total. The highest BCUT2D eigenvalue weighted by Gasteiger charge is 2.17. The molecule has 0 bridgehead atoms. The van der Waals surface area contributed by atoms with Gasteiger partial charge in [0.05, 0.1) is 0 Å². The number of hydrogen-bond acceptors (Lipinski definition) is 6. The minimum Gasteiger partial charge on any atom is -0.477 e. The van der Waals surface area contributed by atoms with E-state index in [1.807, 2.05) is 13.8 Å². The molecule has 0 aliphatic rings. The number of thioether (sulfide) groups is 1. The number of aromatic carboxylic acids is 1. The van der Waals surface area contributed by atoms with Crippen LogP contribution in [0.2, 0.25) is 10.3 Å². The van der Waals surface area contributed by atoms with Gasteiger partial charge in [0.2, 0.25) is 0 Å². The van der Waals surface area contributed by atoms with Crippen LogP contribution < -0.4 is 5.32 Å². The van der Waals surface area contributed by atoms with E-state index in [0.29, 0.717) is 5.16 Å². The molecular weight excluding hydrogens is 349 g/mol. The highest BCUT2D eigenvalue weighted by molar-refractivity contribution is 7.98. The second-order valence-corrected chi connectivity index (χ2v) is 6.56. The van der Waals surface area contributed by atoms with E-state index in [4.69, 9.17) is 33.4 Å². The Hall–Kier alpha value is -0.600. The first-order valence-electron chi connectivity index (χ1n) is 6.50. The Balaban J connectivity index is 0.000000433. The summed E-state index contributed by atoms with van der Waals surface area (Å²) in [5.74, 6) is -1.23. The van der Waals surface area contributed by atoms with Crippen molar-refractivity contribution in [2.75, 3.05) is 26.0 Å². The molecule has 0 unspecified atom stereocenters. The summed E-state index contributed by atoms with van der Waals surface area (Å²) in [6, 6.07) is 0. The number of aromatic nitrogens is 2. The summed E-state index contributed by atoms with van der Waals surface area (Å²) in [4.78, 5) is 18.0.